The fourth-order valence-electron chi connectivity index (χ4n) is 1.95. The molecule has 0 aliphatic rings. The third kappa shape index (κ3) is 6.24. The monoisotopic (exact) mass is 362 g/mol. The summed E-state index contributed by atoms with van der Waals surface area (Å²) in [5.41, 5.74) is -2.13. The topological polar surface area (TPSA) is 122 Å². The fraction of sp³-hybridized carbons (Fsp3) is 0.533. The molecule has 0 aromatic heterocycles. The predicted octanol–water partition coefficient (Wildman–Crippen LogP) is 2.18. The quantitative estimate of drug-likeness (QED) is 0.527. The van der Waals surface area contributed by atoms with Crippen LogP contribution in [0.5, 0.6) is 0 Å². The number of amides is 1. The number of nitro groups is 1. The van der Waals surface area contributed by atoms with Crippen molar-refractivity contribution >= 4 is 11.8 Å². The summed E-state index contributed by atoms with van der Waals surface area (Å²) in [5.74, 6) is -2.83. The lowest BCUT2D eigenvalue weighted by Gasteiger charge is -2.21. The second-order valence-electron chi connectivity index (χ2n) is 6.31. The van der Waals surface area contributed by atoms with E-state index in [9.17, 15) is 33.9 Å². The third-order valence-electron chi connectivity index (χ3n) is 3.06. The standard InChI is InChI=1S/C15H20F2N2O6/c1-15(2,3)25-14(22)18-5-4-12(20)13(21)8-6-9(16)10(17)7-11(8)19(23)24/h6-7,12-13,20-21H,4-5H2,1-3H3,(H,18,22). The molecule has 8 nitrogen and oxygen atoms in total. The number of aliphatic hydroxyl groups is 2. The number of aliphatic hydroxyl groups excluding tert-OH is 2. The molecule has 140 valence electrons. The number of carbonyl (C=O) groups is 1. The molecule has 2 atom stereocenters. The van der Waals surface area contributed by atoms with Crippen molar-refractivity contribution in [2.45, 2.75) is 45.0 Å². The number of carbonyl (C=O) groups excluding carboxylic acids is 1. The van der Waals surface area contributed by atoms with Crippen molar-refractivity contribution in [1.29, 1.82) is 0 Å². The van der Waals surface area contributed by atoms with E-state index in [1.165, 1.54) is 0 Å². The Bertz CT molecular complexity index is 648. The van der Waals surface area contributed by atoms with E-state index in [1.54, 1.807) is 20.8 Å². The first-order valence-corrected chi connectivity index (χ1v) is 7.38. The van der Waals surface area contributed by atoms with Crippen LogP contribution in [0, 0.1) is 21.7 Å². The molecule has 0 heterocycles. The number of rotatable bonds is 6. The van der Waals surface area contributed by atoms with Crippen LogP contribution >= 0.6 is 0 Å². The molecule has 0 saturated carbocycles. The number of nitrogens with one attached hydrogen (secondary N) is 1. The van der Waals surface area contributed by atoms with Gasteiger partial charge in [-0.05, 0) is 33.3 Å². The van der Waals surface area contributed by atoms with E-state index in [4.69, 9.17) is 4.74 Å². The molecule has 2 unspecified atom stereocenters. The van der Waals surface area contributed by atoms with Crippen LogP contribution in [-0.2, 0) is 4.74 Å². The van der Waals surface area contributed by atoms with E-state index in [-0.39, 0.29) is 13.0 Å². The summed E-state index contributed by atoms with van der Waals surface area (Å²) < 4.78 is 31.4. The van der Waals surface area contributed by atoms with Crippen LogP contribution in [0.1, 0.15) is 38.9 Å². The highest BCUT2D eigenvalue weighted by Crippen LogP contribution is 2.30. The highest BCUT2D eigenvalue weighted by Gasteiger charge is 2.28. The zero-order chi connectivity index (χ0) is 19.4. The van der Waals surface area contributed by atoms with Crippen molar-refractivity contribution in [3.05, 3.63) is 39.4 Å². The molecule has 25 heavy (non-hydrogen) atoms. The van der Waals surface area contributed by atoms with Crippen LogP contribution in [0.2, 0.25) is 0 Å². The Hall–Kier alpha value is -2.33. The lowest BCUT2D eigenvalue weighted by molar-refractivity contribution is -0.386. The number of hydrogen-bond donors (Lipinski definition) is 3. The zero-order valence-corrected chi connectivity index (χ0v) is 14.0. The summed E-state index contributed by atoms with van der Waals surface area (Å²) in [6.45, 7) is 4.87. The molecule has 0 radical (unpaired) electrons. The second-order valence-corrected chi connectivity index (χ2v) is 6.31. The van der Waals surface area contributed by atoms with E-state index in [2.05, 4.69) is 5.32 Å². The number of benzene rings is 1. The van der Waals surface area contributed by atoms with Gasteiger partial charge in [0.1, 0.15) is 11.7 Å². The van der Waals surface area contributed by atoms with Gasteiger partial charge in [-0.3, -0.25) is 10.1 Å². The summed E-state index contributed by atoms with van der Waals surface area (Å²) >= 11 is 0. The third-order valence-corrected chi connectivity index (χ3v) is 3.06. The Morgan fingerprint density at radius 2 is 1.88 bits per heavy atom. The van der Waals surface area contributed by atoms with Crippen molar-refractivity contribution in [2.24, 2.45) is 0 Å². The van der Waals surface area contributed by atoms with Gasteiger partial charge in [-0.15, -0.1) is 0 Å². The number of nitro benzene ring substituents is 1. The van der Waals surface area contributed by atoms with Crippen molar-refractivity contribution < 1.29 is 33.4 Å². The second kappa shape index (κ2) is 8.17. The van der Waals surface area contributed by atoms with Crippen molar-refractivity contribution in [2.75, 3.05) is 6.54 Å². The van der Waals surface area contributed by atoms with Crippen LogP contribution in [-0.4, -0.2) is 39.5 Å². The van der Waals surface area contributed by atoms with Gasteiger partial charge >= 0.3 is 6.09 Å². The Morgan fingerprint density at radius 1 is 1.32 bits per heavy atom. The minimum atomic E-state index is -1.84. The Balaban J connectivity index is 2.74. The molecule has 1 aromatic rings. The largest absolute Gasteiger partial charge is 0.444 e. The number of halogens is 2. The normalized spacial score (nSPS) is 13.9. The summed E-state index contributed by atoms with van der Waals surface area (Å²) in [4.78, 5) is 21.4. The molecular weight excluding hydrogens is 342 g/mol. The van der Waals surface area contributed by atoms with Crippen molar-refractivity contribution in [3.63, 3.8) is 0 Å². The summed E-state index contributed by atoms with van der Waals surface area (Å²) in [6.07, 6.45) is -4.33. The molecule has 0 aliphatic heterocycles. The van der Waals surface area contributed by atoms with Gasteiger partial charge < -0.3 is 20.3 Å². The van der Waals surface area contributed by atoms with Gasteiger partial charge in [-0.1, -0.05) is 0 Å². The number of hydrogen-bond acceptors (Lipinski definition) is 6. The predicted molar refractivity (Wildman–Crippen MR) is 82.8 cm³/mol. The van der Waals surface area contributed by atoms with Crippen LogP contribution in [0.4, 0.5) is 19.3 Å². The van der Waals surface area contributed by atoms with E-state index in [1.807, 2.05) is 0 Å². The van der Waals surface area contributed by atoms with E-state index < -0.39 is 51.7 Å². The summed E-state index contributed by atoms with van der Waals surface area (Å²) in [6, 6.07) is 0.794. The molecule has 1 amide bonds. The van der Waals surface area contributed by atoms with Crippen LogP contribution in [0.3, 0.4) is 0 Å². The van der Waals surface area contributed by atoms with Crippen LogP contribution in [0.25, 0.3) is 0 Å². The van der Waals surface area contributed by atoms with Gasteiger partial charge in [0, 0.05) is 6.54 Å². The van der Waals surface area contributed by atoms with Crippen molar-refractivity contribution in [1.82, 2.24) is 5.32 Å². The maximum Gasteiger partial charge on any atom is 0.407 e. The molecular formula is C15H20F2N2O6. The average molecular weight is 362 g/mol. The first-order chi connectivity index (χ1) is 11.4. The lowest BCUT2D eigenvalue weighted by atomic mass is 10.00. The Labute approximate surface area is 142 Å². The van der Waals surface area contributed by atoms with Crippen molar-refractivity contribution in [3.8, 4) is 0 Å². The van der Waals surface area contributed by atoms with Gasteiger partial charge in [0.05, 0.1) is 22.7 Å². The van der Waals surface area contributed by atoms with E-state index >= 15 is 0 Å². The first-order valence-electron chi connectivity index (χ1n) is 7.38. The molecule has 0 aliphatic carbocycles. The molecule has 0 bridgehead atoms. The lowest BCUT2D eigenvalue weighted by Crippen LogP contribution is -2.34. The van der Waals surface area contributed by atoms with Gasteiger partial charge in [0.2, 0.25) is 0 Å². The number of alkyl carbamates (subject to hydrolysis) is 1. The van der Waals surface area contributed by atoms with Crippen LogP contribution < -0.4 is 5.32 Å². The summed E-state index contributed by atoms with van der Waals surface area (Å²) in [7, 11) is 0. The molecule has 0 spiro atoms. The molecule has 0 saturated heterocycles. The molecule has 10 heteroatoms. The number of nitrogens with zero attached hydrogens (tertiary/aromatic N) is 1. The maximum absolute atomic E-state index is 13.3. The molecule has 1 aromatic carbocycles. The molecule has 0 fully saturated rings. The highest BCUT2D eigenvalue weighted by atomic mass is 19.2. The van der Waals surface area contributed by atoms with E-state index in [0.717, 1.165) is 0 Å². The minimum absolute atomic E-state index is 0.107. The first kappa shape index (κ1) is 20.7. The van der Waals surface area contributed by atoms with Crippen LogP contribution in [0.15, 0.2) is 12.1 Å². The van der Waals surface area contributed by atoms with Gasteiger partial charge in [0.15, 0.2) is 11.6 Å². The zero-order valence-electron chi connectivity index (χ0n) is 14.0. The van der Waals surface area contributed by atoms with Gasteiger partial charge in [0.25, 0.3) is 5.69 Å². The fourth-order valence-corrected chi connectivity index (χ4v) is 1.95. The summed E-state index contributed by atoms with van der Waals surface area (Å²) in [5, 5.41) is 33.1. The smallest absolute Gasteiger partial charge is 0.407 e. The maximum atomic E-state index is 13.3. The highest BCUT2D eigenvalue weighted by molar-refractivity contribution is 5.67. The molecule has 3 N–H and O–H groups in total. The average Bonchev–Trinajstić information content (AvgIpc) is 2.46. The Kier molecular flexibility index (Phi) is 6.77. The molecule has 1 rings (SSSR count). The van der Waals surface area contributed by atoms with Gasteiger partial charge in [-0.2, -0.15) is 0 Å². The minimum Gasteiger partial charge on any atom is -0.444 e. The van der Waals surface area contributed by atoms with E-state index in [0.29, 0.717) is 12.1 Å². The number of ether oxygens (including phenoxy) is 1. The van der Waals surface area contributed by atoms with Gasteiger partial charge in [-0.25, -0.2) is 13.6 Å². The Morgan fingerprint density at radius 3 is 2.40 bits per heavy atom. The SMILES string of the molecule is CC(C)(C)OC(=O)NCCC(O)C(O)c1cc(F)c(F)cc1[N+](=O)[O-].